The van der Waals surface area contributed by atoms with Crippen molar-refractivity contribution in [3.63, 3.8) is 0 Å². The molecular formula is C25H34IN5O2. The van der Waals surface area contributed by atoms with E-state index in [9.17, 15) is 5.11 Å². The number of ether oxygens (including phenoxy) is 1. The number of aromatic nitrogens is 2. The van der Waals surface area contributed by atoms with E-state index in [0.29, 0.717) is 25.6 Å². The lowest BCUT2D eigenvalue weighted by atomic mass is 10.1. The second kappa shape index (κ2) is 13.8. The van der Waals surface area contributed by atoms with Gasteiger partial charge in [-0.15, -0.1) is 24.0 Å². The van der Waals surface area contributed by atoms with Gasteiger partial charge in [-0.25, -0.2) is 4.99 Å². The Labute approximate surface area is 213 Å². The van der Waals surface area contributed by atoms with Crippen LogP contribution in [0.5, 0.6) is 5.75 Å². The number of nitrogens with one attached hydrogen (secondary N) is 2. The molecule has 0 radical (unpaired) electrons. The largest absolute Gasteiger partial charge is 0.491 e. The van der Waals surface area contributed by atoms with Crippen molar-refractivity contribution >= 4 is 29.9 Å². The first kappa shape index (κ1) is 26.7. The van der Waals surface area contributed by atoms with E-state index in [4.69, 9.17) is 9.73 Å². The molecule has 7 nitrogen and oxygen atoms in total. The third-order valence-corrected chi connectivity index (χ3v) is 4.86. The first-order chi connectivity index (χ1) is 15.5. The molecule has 0 aliphatic heterocycles. The Hall–Kier alpha value is -2.59. The molecule has 3 aromatic rings. The number of rotatable bonds is 10. The number of aliphatic imine (C=N–C) groups is 1. The van der Waals surface area contributed by atoms with E-state index in [-0.39, 0.29) is 30.1 Å². The average Bonchev–Trinajstić information content (AvgIpc) is 3.29. The molecule has 1 aromatic heterocycles. The number of benzene rings is 2. The van der Waals surface area contributed by atoms with Crippen LogP contribution in [0.4, 0.5) is 0 Å². The van der Waals surface area contributed by atoms with E-state index >= 15 is 0 Å². The van der Waals surface area contributed by atoms with Gasteiger partial charge < -0.3 is 20.5 Å². The summed E-state index contributed by atoms with van der Waals surface area (Å²) in [6.07, 6.45) is 3.20. The third kappa shape index (κ3) is 8.70. The van der Waals surface area contributed by atoms with E-state index in [1.54, 1.807) is 6.20 Å². The number of aliphatic hydroxyl groups excluding tert-OH is 1. The normalized spacial score (nSPS) is 12.2. The fourth-order valence-electron chi connectivity index (χ4n) is 3.29. The molecule has 0 saturated carbocycles. The van der Waals surface area contributed by atoms with Gasteiger partial charge in [-0.3, -0.25) is 4.68 Å². The van der Waals surface area contributed by atoms with Crippen LogP contribution < -0.4 is 15.4 Å². The van der Waals surface area contributed by atoms with E-state index in [1.165, 1.54) is 5.56 Å². The molecule has 0 bridgehead atoms. The zero-order chi connectivity index (χ0) is 22.8. The summed E-state index contributed by atoms with van der Waals surface area (Å²) in [4.78, 5) is 4.72. The quantitative estimate of drug-likeness (QED) is 0.196. The second-order valence-electron chi connectivity index (χ2n) is 7.80. The van der Waals surface area contributed by atoms with Crippen LogP contribution in [0.25, 0.3) is 0 Å². The molecule has 2 aromatic carbocycles. The fraction of sp³-hybridized carbons (Fsp3) is 0.360. The highest BCUT2D eigenvalue weighted by Crippen LogP contribution is 2.18. The lowest BCUT2D eigenvalue weighted by Crippen LogP contribution is -2.39. The Bertz CT molecular complexity index is 975. The minimum absolute atomic E-state index is 0. The highest BCUT2D eigenvalue weighted by molar-refractivity contribution is 14.0. The Morgan fingerprint density at radius 3 is 2.42 bits per heavy atom. The van der Waals surface area contributed by atoms with Crippen LogP contribution in [-0.4, -0.2) is 40.0 Å². The molecule has 0 aliphatic rings. The van der Waals surface area contributed by atoms with E-state index in [0.717, 1.165) is 23.4 Å². The van der Waals surface area contributed by atoms with E-state index in [2.05, 4.69) is 27.9 Å². The molecule has 3 N–H and O–H groups in total. The fourth-order valence-corrected chi connectivity index (χ4v) is 3.29. The summed E-state index contributed by atoms with van der Waals surface area (Å²) in [5, 5.41) is 21.4. The summed E-state index contributed by atoms with van der Waals surface area (Å²) >= 11 is 0. The van der Waals surface area contributed by atoms with Crippen LogP contribution in [-0.2, 0) is 13.1 Å². The maximum absolute atomic E-state index is 10.6. The summed E-state index contributed by atoms with van der Waals surface area (Å²) in [6.45, 7) is 8.33. The van der Waals surface area contributed by atoms with Crippen molar-refractivity contribution in [1.29, 1.82) is 0 Å². The van der Waals surface area contributed by atoms with Crippen molar-refractivity contribution in [2.45, 2.75) is 46.1 Å². The number of guanidine groups is 1. The SMILES string of the molecule is CCNC(=NCc1ccccc1Cn1cccn1)NCC(O)c1ccc(OC(C)C)cc1.I. The molecule has 8 heteroatoms. The van der Waals surface area contributed by atoms with Gasteiger partial charge in [0.25, 0.3) is 0 Å². The summed E-state index contributed by atoms with van der Waals surface area (Å²) in [5.74, 6) is 1.47. The van der Waals surface area contributed by atoms with Crippen LogP contribution in [0.2, 0.25) is 0 Å². The topological polar surface area (TPSA) is 83.7 Å². The zero-order valence-electron chi connectivity index (χ0n) is 19.4. The van der Waals surface area contributed by atoms with E-state index in [1.807, 2.05) is 74.1 Å². The lowest BCUT2D eigenvalue weighted by Gasteiger charge is -2.17. The van der Waals surface area contributed by atoms with Crippen LogP contribution in [0.3, 0.4) is 0 Å². The van der Waals surface area contributed by atoms with Crippen molar-refractivity contribution in [3.8, 4) is 5.75 Å². The van der Waals surface area contributed by atoms with Crippen LogP contribution >= 0.6 is 24.0 Å². The zero-order valence-corrected chi connectivity index (χ0v) is 21.8. The van der Waals surface area contributed by atoms with Crippen molar-refractivity contribution in [2.75, 3.05) is 13.1 Å². The molecule has 0 aliphatic carbocycles. The standard InChI is InChI=1S/C25H33N5O2.HI/c1-4-26-25(28-17-24(31)20-10-12-23(13-11-20)32-19(2)3)27-16-21-8-5-6-9-22(21)18-30-15-7-14-29-30;/h5-15,19,24,31H,4,16-18H2,1-3H3,(H2,26,27,28);1H. The molecule has 1 heterocycles. The molecule has 0 spiro atoms. The van der Waals surface area contributed by atoms with E-state index < -0.39 is 6.10 Å². The van der Waals surface area contributed by atoms with Gasteiger partial charge >= 0.3 is 0 Å². The van der Waals surface area contributed by atoms with Gasteiger partial charge in [-0.1, -0.05) is 36.4 Å². The van der Waals surface area contributed by atoms with Crippen molar-refractivity contribution in [3.05, 3.63) is 83.7 Å². The predicted molar refractivity (Wildman–Crippen MR) is 143 cm³/mol. The van der Waals surface area contributed by atoms with Gasteiger partial charge in [0, 0.05) is 25.5 Å². The van der Waals surface area contributed by atoms with Gasteiger partial charge in [0.15, 0.2) is 5.96 Å². The molecule has 0 fully saturated rings. The Morgan fingerprint density at radius 1 is 1.06 bits per heavy atom. The number of hydrogen-bond donors (Lipinski definition) is 3. The van der Waals surface area contributed by atoms with Crippen LogP contribution in [0.15, 0.2) is 72.0 Å². The molecule has 178 valence electrons. The maximum atomic E-state index is 10.6. The molecule has 0 amide bonds. The minimum Gasteiger partial charge on any atom is -0.491 e. The van der Waals surface area contributed by atoms with Gasteiger partial charge in [0.05, 0.1) is 25.3 Å². The highest BCUT2D eigenvalue weighted by atomic mass is 127. The lowest BCUT2D eigenvalue weighted by molar-refractivity contribution is 0.180. The minimum atomic E-state index is -0.654. The van der Waals surface area contributed by atoms with Gasteiger partial charge in [-0.05, 0) is 55.7 Å². The van der Waals surface area contributed by atoms with Gasteiger partial charge in [0.2, 0.25) is 0 Å². The smallest absolute Gasteiger partial charge is 0.191 e. The first-order valence-corrected chi connectivity index (χ1v) is 11.1. The van der Waals surface area contributed by atoms with Crippen LogP contribution in [0, 0.1) is 0 Å². The van der Waals surface area contributed by atoms with Crippen LogP contribution in [0.1, 0.15) is 43.6 Å². The molecule has 1 unspecified atom stereocenters. The summed E-state index contributed by atoms with van der Waals surface area (Å²) in [5.41, 5.74) is 3.15. The molecule has 1 atom stereocenters. The summed E-state index contributed by atoms with van der Waals surface area (Å²) in [7, 11) is 0. The number of hydrogen-bond acceptors (Lipinski definition) is 4. The summed E-state index contributed by atoms with van der Waals surface area (Å²) in [6, 6.07) is 17.7. The Balaban J connectivity index is 0.00000385. The second-order valence-corrected chi connectivity index (χ2v) is 7.80. The molecule has 0 saturated heterocycles. The molecule has 33 heavy (non-hydrogen) atoms. The Kier molecular flexibility index (Phi) is 11.2. The average molecular weight is 563 g/mol. The Morgan fingerprint density at radius 2 is 1.79 bits per heavy atom. The van der Waals surface area contributed by atoms with Gasteiger partial charge in [0.1, 0.15) is 5.75 Å². The summed E-state index contributed by atoms with van der Waals surface area (Å²) < 4.78 is 7.57. The highest BCUT2D eigenvalue weighted by Gasteiger charge is 2.10. The molecular weight excluding hydrogens is 529 g/mol. The number of aliphatic hydroxyl groups is 1. The van der Waals surface area contributed by atoms with Gasteiger partial charge in [-0.2, -0.15) is 5.10 Å². The third-order valence-electron chi connectivity index (χ3n) is 4.86. The first-order valence-electron chi connectivity index (χ1n) is 11.1. The maximum Gasteiger partial charge on any atom is 0.191 e. The number of nitrogens with zero attached hydrogens (tertiary/aromatic N) is 3. The van der Waals surface area contributed by atoms with Crippen molar-refractivity contribution in [2.24, 2.45) is 4.99 Å². The molecule has 3 rings (SSSR count). The number of halogens is 1. The monoisotopic (exact) mass is 563 g/mol. The predicted octanol–water partition coefficient (Wildman–Crippen LogP) is 4.13. The van der Waals surface area contributed by atoms with Crippen molar-refractivity contribution < 1.29 is 9.84 Å². The van der Waals surface area contributed by atoms with Crippen molar-refractivity contribution in [1.82, 2.24) is 20.4 Å².